The summed E-state index contributed by atoms with van der Waals surface area (Å²) in [7, 11) is 1.74. The summed E-state index contributed by atoms with van der Waals surface area (Å²) in [6.45, 7) is 1.87. The standard InChI is InChI=1S/C18H20N6O2S/c1-3-13(16(20)26)24(2)14-7-6-11(15(19)25)17(23-14)22-12-9-27-18-10(12)5-4-8-21-18/h4-9,13H,3H2,1-2H3,(H2,19,25)(H2,20,26)(H,22,23). The van der Waals surface area contributed by atoms with E-state index < -0.39 is 17.9 Å². The van der Waals surface area contributed by atoms with Crippen molar-refractivity contribution in [1.82, 2.24) is 9.97 Å². The van der Waals surface area contributed by atoms with E-state index in [4.69, 9.17) is 11.5 Å². The second-order valence-corrected chi connectivity index (χ2v) is 6.86. The molecule has 9 heteroatoms. The fraction of sp³-hybridized carbons (Fsp3) is 0.222. The predicted molar refractivity (Wildman–Crippen MR) is 107 cm³/mol. The van der Waals surface area contributed by atoms with Gasteiger partial charge in [-0.05, 0) is 30.7 Å². The number of fused-ring (bicyclic) bond motifs is 1. The molecule has 3 aromatic heterocycles. The quantitative estimate of drug-likeness (QED) is 0.573. The molecule has 1 unspecified atom stereocenters. The van der Waals surface area contributed by atoms with Gasteiger partial charge in [-0.25, -0.2) is 9.97 Å². The summed E-state index contributed by atoms with van der Waals surface area (Å²) in [6, 6.07) is 6.50. The number of anilines is 3. The third-order valence-electron chi connectivity index (χ3n) is 4.29. The van der Waals surface area contributed by atoms with E-state index in [2.05, 4.69) is 15.3 Å². The lowest BCUT2D eigenvalue weighted by Gasteiger charge is -2.26. The van der Waals surface area contributed by atoms with Gasteiger partial charge in [-0.3, -0.25) is 9.59 Å². The first-order valence-electron chi connectivity index (χ1n) is 8.34. The summed E-state index contributed by atoms with van der Waals surface area (Å²) in [5.74, 6) is -0.218. The number of carbonyl (C=O) groups is 2. The Balaban J connectivity index is 2.02. The molecule has 0 aliphatic carbocycles. The maximum absolute atomic E-state index is 11.8. The minimum atomic E-state index is -0.598. The maximum atomic E-state index is 11.8. The Morgan fingerprint density at radius 3 is 2.74 bits per heavy atom. The van der Waals surface area contributed by atoms with Crippen LogP contribution in [0.15, 0.2) is 35.8 Å². The van der Waals surface area contributed by atoms with Crippen LogP contribution >= 0.6 is 11.3 Å². The summed E-state index contributed by atoms with van der Waals surface area (Å²) in [5, 5.41) is 5.99. The van der Waals surface area contributed by atoms with Gasteiger partial charge in [-0.15, -0.1) is 11.3 Å². The minimum Gasteiger partial charge on any atom is -0.368 e. The first-order chi connectivity index (χ1) is 12.9. The molecule has 0 aliphatic rings. The molecule has 2 amide bonds. The van der Waals surface area contributed by atoms with Crippen LogP contribution in [0.4, 0.5) is 17.3 Å². The van der Waals surface area contributed by atoms with E-state index in [1.165, 1.54) is 11.3 Å². The number of aromatic nitrogens is 2. The van der Waals surface area contributed by atoms with Crippen LogP contribution in [0.1, 0.15) is 23.7 Å². The van der Waals surface area contributed by atoms with Crippen molar-refractivity contribution < 1.29 is 9.59 Å². The molecule has 1 atom stereocenters. The predicted octanol–water partition coefficient (Wildman–Crippen LogP) is 2.23. The zero-order valence-corrected chi connectivity index (χ0v) is 15.8. The Kier molecular flexibility index (Phi) is 5.22. The Labute approximate surface area is 160 Å². The summed E-state index contributed by atoms with van der Waals surface area (Å²) in [4.78, 5) is 34.9. The smallest absolute Gasteiger partial charge is 0.252 e. The highest BCUT2D eigenvalue weighted by Gasteiger charge is 2.22. The normalized spacial score (nSPS) is 11.9. The van der Waals surface area contributed by atoms with Crippen LogP contribution in [0.3, 0.4) is 0 Å². The average molecular weight is 384 g/mol. The van der Waals surface area contributed by atoms with Gasteiger partial charge in [0.2, 0.25) is 5.91 Å². The number of amides is 2. The van der Waals surface area contributed by atoms with Gasteiger partial charge in [0.1, 0.15) is 22.5 Å². The van der Waals surface area contributed by atoms with Gasteiger partial charge in [0, 0.05) is 24.0 Å². The topological polar surface area (TPSA) is 127 Å². The second kappa shape index (κ2) is 7.58. The molecule has 8 nitrogen and oxygen atoms in total. The number of hydrogen-bond acceptors (Lipinski definition) is 7. The third-order valence-corrected chi connectivity index (χ3v) is 5.19. The summed E-state index contributed by atoms with van der Waals surface area (Å²) >= 11 is 1.48. The molecule has 0 aliphatic heterocycles. The molecule has 3 heterocycles. The van der Waals surface area contributed by atoms with E-state index >= 15 is 0 Å². The molecule has 0 aromatic carbocycles. The first kappa shape index (κ1) is 18.6. The van der Waals surface area contributed by atoms with Gasteiger partial charge in [0.15, 0.2) is 0 Å². The van der Waals surface area contributed by atoms with Gasteiger partial charge >= 0.3 is 0 Å². The molecule has 0 radical (unpaired) electrons. The number of primary amides is 2. The van der Waals surface area contributed by atoms with E-state index in [1.807, 2.05) is 24.4 Å². The van der Waals surface area contributed by atoms with E-state index in [-0.39, 0.29) is 5.56 Å². The van der Waals surface area contributed by atoms with Crippen LogP contribution in [0.25, 0.3) is 10.2 Å². The molecule has 140 valence electrons. The largest absolute Gasteiger partial charge is 0.368 e. The van der Waals surface area contributed by atoms with Gasteiger partial charge < -0.3 is 21.7 Å². The minimum absolute atomic E-state index is 0.252. The highest BCUT2D eigenvalue weighted by molar-refractivity contribution is 7.17. The van der Waals surface area contributed by atoms with Crippen LogP contribution in [-0.4, -0.2) is 34.9 Å². The van der Waals surface area contributed by atoms with Crippen molar-refractivity contribution in [3.05, 3.63) is 41.4 Å². The van der Waals surface area contributed by atoms with Crippen molar-refractivity contribution in [2.45, 2.75) is 19.4 Å². The number of likely N-dealkylation sites (N-methyl/N-ethyl adjacent to an activating group) is 1. The summed E-state index contributed by atoms with van der Waals surface area (Å²) in [6.07, 6.45) is 2.26. The molecule has 0 bridgehead atoms. The molecule has 0 spiro atoms. The number of pyridine rings is 2. The monoisotopic (exact) mass is 384 g/mol. The van der Waals surface area contributed by atoms with E-state index in [1.54, 1.807) is 30.3 Å². The van der Waals surface area contributed by atoms with Gasteiger partial charge in [0.25, 0.3) is 5.91 Å². The Morgan fingerprint density at radius 1 is 1.30 bits per heavy atom. The van der Waals surface area contributed by atoms with E-state index in [9.17, 15) is 9.59 Å². The van der Waals surface area contributed by atoms with E-state index in [0.29, 0.717) is 18.1 Å². The molecule has 3 aromatic rings. The van der Waals surface area contributed by atoms with Gasteiger partial charge in [0.05, 0.1) is 11.3 Å². The first-order valence-corrected chi connectivity index (χ1v) is 9.22. The SMILES string of the molecule is CCC(C(N)=O)N(C)c1ccc(C(N)=O)c(Nc2csc3ncccc23)n1. The Morgan fingerprint density at radius 2 is 2.07 bits per heavy atom. The molecule has 0 saturated carbocycles. The van der Waals surface area contributed by atoms with Crippen LogP contribution in [0, 0.1) is 0 Å². The third kappa shape index (κ3) is 3.68. The number of thiophene rings is 1. The van der Waals surface area contributed by atoms with Crippen molar-refractivity contribution in [2.24, 2.45) is 11.5 Å². The van der Waals surface area contributed by atoms with Crippen LogP contribution in [0.5, 0.6) is 0 Å². The average Bonchev–Trinajstić information content (AvgIpc) is 3.04. The molecule has 0 saturated heterocycles. The Hall–Kier alpha value is -3.20. The number of rotatable bonds is 7. The molecule has 5 N–H and O–H groups in total. The number of hydrogen-bond donors (Lipinski definition) is 3. The molecule has 3 rings (SSSR count). The molecular weight excluding hydrogens is 364 g/mol. The highest BCUT2D eigenvalue weighted by atomic mass is 32.1. The van der Waals surface area contributed by atoms with E-state index in [0.717, 1.165) is 15.9 Å². The zero-order chi connectivity index (χ0) is 19.6. The summed E-state index contributed by atoms with van der Waals surface area (Å²) < 4.78 is 0. The molecule has 27 heavy (non-hydrogen) atoms. The van der Waals surface area contributed by atoms with Crippen molar-refractivity contribution >= 4 is 50.7 Å². The van der Waals surface area contributed by atoms with Crippen LogP contribution in [0.2, 0.25) is 0 Å². The number of nitrogens with one attached hydrogen (secondary N) is 1. The van der Waals surface area contributed by atoms with Crippen molar-refractivity contribution in [3.8, 4) is 0 Å². The zero-order valence-electron chi connectivity index (χ0n) is 15.0. The van der Waals surface area contributed by atoms with Crippen LogP contribution < -0.4 is 21.7 Å². The van der Waals surface area contributed by atoms with Crippen molar-refractivity contribution in [1.29, 1.82) is 0 Å². The lowest BCUT2D eigenvalue weighted by atomic mass is 10.1. The highest BCUT2D eigenvalue weighted by Crippen LogP contribution is 2.32. The van der Waals surface area contributed by atoms with Crippen LogP contribution in [-0.2, 0) is 4.79 Å². The fourth-order valence-electron chi connectivity index (χ4n) is 2.86. The molecular formula is C18H20N6O2S. The lowest BCUT2D eigenvalue weighted by molar-refractivity contribution is -0.119. The second-order valence-electron chi connectivity index (χ2n) is 6.00. The number of carbonyl (C=O) groups excluding carboxylic acids is 2. The lowest BCUT2D eigenvalue weighted by Crippen LogP contribution is -2.42. The summed E-state index contributed by atoms with van der Waals surface area (Å²) in [5.41, 5.74) is 12.0. The van der Waals surface area contributed by atoms with Crippen molar-refractivity contribution in [3.63, 3.8) is 0 Å². The van der Waals surface area contributed by atoms with Gasteiger partial charge in [-0.1, -0.05) is 6.92 Å². The number of nitrogens with two attached hydrogens (primary N) is 2. The fourth-order valence-corrected chi connectivity index (χ4v) is 3.70. The van der Waals surface area contributed by atoms with Gasteiger partial charge in [-0.2, -0.15) is 0 Å². The molecule has 0 fully saturated rings. The Bertz CT molecular complexity index is 1000. The number of nitrogens with zero attached hydrogens (tertiary/aromatic N) is 3. The maximum Gasteiger partial charge on any atom is 0.252 e. The van der Waals surface area contributed by atoms with Crippen molar-refractivity contribution in [2.75, 3.05) is 17.3 Å².